The average molecular weight is 611 g/mol. The largest absolute Gasteiger partial charge is 0.463 e. The molecule has 2 aromatic carbocycles. The first-order chi connectivity index (χ1) is 20.2. The van der Waals surface area contributed by atoms with Crippen LogP contribution in [0.3, 0.4) is 0 Å². The Kier molecular flexibility index (Phi) is 9.79. The zero-order valence-electron chi connectivity index (χ0n) is 23.3. The van der Waals surface area contributed by atoms with Crippen LogP contribution in [0.4, 0.5) is 26.3 Å². The molecule has 1 saturated heterocycles. The summed E-state index contributed by atoms with van der Waals surface area (Å²) in [5.74, 6) is -0.379. The molecule has 0 aliphatic carbocycles. The molecule has 1 aliphatic rings. The number of pyridine rings is 1. The fraction of sp³-hybridized carbons (Fsp3) is 0.400. The Morgan fingerprint density at radius 1 is 0.953 bits per heavy atom. The molecular formula is C30H32F6N4O3. The number of nitrogens with zero attached hydrogens (tertiary/aromatic N) is 3. The maximum atomic E-state index is 13.3. The molecule has 1 unspecified atom stereocenters. The highest BCUT2D eigenvalue weighted by molar-refractivity contribution is 5.76. The summed E-state index contributed by atoms with van der Waals surface area (Å²) in [6, 6.07) is 12.2. The lowest BCUT2D eigenvalue weighted by molar-refractivity contribution is -0.376. The molecule has 1 aliphatic heterocycles. The lowest BCUT2D eigenvalue weighted by Gasteiger charge is -2.40. The lowest BCUT2D eigenvalue weighted by atomic mass is 9.90. The molecule has 0 saturated carbocycles. The van der Waals surface area contributed by atoms with Crippen molar-refractivity contribution in [2.45, 2.75) is 44.0 Å². The highest BCUT2D eigenvalue weighted by atomic mass is 19.4. The third-order valence-electron chi connectivity index (χ3n) is 7.48. The van der Waals surface area contributed by atoms with Crippen molar-refractivity contribution in [3.05, 3.63) is 89.2 Å². The normalized spacial score (nSPS) is 17.2. The summed E-state index contributed by atoms with van der Waals surface area (Å²) in [5, 5.41) is 9.66. The molecule has 43 heavy (non-hydrogen) atoms. The first kappa shape index (κ1) is 32.4. The van der Waals surface area contributed by atoms with Gasteiger partial charge in [0.2, 0.25) is 0 Å². The number of piperazine rings is 1. The van der Waals surface area contributed by atoms with Gasteiger partial charge in [0.05, 0.1) is 0 Å². The first-order valence-corrected chi connectivity index (χ1v) is 13.5. The molecule has 13 heteroatoms. The summed E-state index contributed by atoms with van der Waals surface area (Å²) >= 11 is 0. The van der Waals surface area contributed by atoms with Gasteiger partial charge in [-0.25, -0.2) is 0 Å². The summed E-state index contributed by atoms with van der Waals surface area (Å²) in [7, 11) is 0. The zero-order valence-corrected chi connectivity index (χ0v) is 23.3. The van der Waals surface area contributed by atoms with Crippen LogP contribution in [0.25, 0.3) is 11.1 Å². The number of hydrogen-bond donors (Lipinski definition) is 2. The molecule has 232 valence electrons. The second kappa shape index (κ2) is 13.0. The molecule has 7 nitrogen and oxygen atoms in total. The van der Waals surface area contributed by atoms with Crippen LogP contribution < -0.4 is 5.73 Å². The molecule has 0 amide bonds. The van der Waals surface area contributed by atoms with Crippen LogP contribution >= 0.6 is 0 Å². The average Bonchev–Trinajstić information content (AvgIpc) is 2.96. The van der Waals surface area contributed by atoms with E-state index < -0.39 is 29.6 Å². The number of halogens is 6. The van der Waals surface area contributed by atoms with Gasteiger partial charge in [-0.2, -0.15) is 26.3 Å². The smallest absolute Gasteiger partial charge is 0.430 e. The van der Waals surface area contributed by atoms with Crippen molar-refractivity contribution in [2.75, 3.05) is 32.8 Å². The number of alkyl halides is 6. The maximum Gasteiger partial charge on any atom is 0.430 e. The lowest BCUT2D eigenvalue weighted by Crippen LogP contribution is -2.56. The van der Waals surface area contributed by atoms with Gasteiger partial charge in [-0.15, -0.1) is 0 Å². The van der Waals surface area contributed by atoms with Gasteiger partial charge >= 0.3 is 18.3 Å². The Labute approximate surface area is 244 Å². The molecule has 2 heterocycles. The van der Waals surface area contributed by atoms with Gasteiger partial charge in [-0.1, -0.05) is 42.5 Å². The van der Waals surface area contributed by atoms with E-state index in [0.29, 0.717) is 56.0 Å². The predicted octanol–water partition coefficient (Wildman–Crippen LogP) is 4.56. The monoisotopic (exact) mass is 610 g/mol. The van der Waals surface area contributed by atoms with Crippen molar-refractivity contribution in [3.8, 4) is 11.1 Å². The summed E-state index contributed by atoms with van der Waals surface area (Å²) in [5.41, 5.74) is 2.85. The fourth-order valence-electron chi connectivity index (χ4n) is 5.20. The SMILES string of the molecule is Cc1cc(CN2CCN(Cc3ccncc3)CC2C(=O)OCCN)ccc1-c1ccc(C(O)(C(F)(F)F)C(F)(F)F)cc1. The van der Waals surface area contributed by atoms with E-state index in [1.807, 2.05) is 23.1 Å². The summed E-state index contributed by atoms with van der Waals surface area (Å²) in [4.78, 5) is 21.2. The Hall–Kier alpha value is -3.52. The van der Waals surface area contributed by atoms with Gasteiger partial charge in [0.25, 0.3) is 5.60 Å². The van der Waals surface area contributed by atoms with E-state index in [0.717, 1.165) is 28.8 Å². The summed E-state index contributed by atoms with van der Waals surface area (Å²) in [6.07, 6.45) is -8.49. The van der Waals surface area contributed by atoms with Crippen LogP contribution in [0.5, 0.6) is 0 Å². The number of aromatic nitrogens is 1. The van der Waals surface area contributed by atoms with E-state index in [4.69, 9.17) is 10.5 Å². The van der Waals surface area contributed by atoms with Crippen LogP contribution in [-0.4, -0.2) is 77.0 Å². The van der Waals surface area contributed by atoms with Crippen LogP contribution in [0.2, 0.25) is 0 Å². The van der Waals surface area contributed by atoms with Crippen molar-refractivity contribution in [1.82, 2.24) is 14.8 Å². The summed E-state index contributed by atoms with van der Waals surface area (Å²) < 4.78 is 84.9. The van der Waals surface area contributed by atoms with Crippen LogP contribution in [-0.2, 0) is 28.2 Å². The van der Waals surface area contributed by atoms with E-state index in [9.17, 15) is 36.2 Å². The Bertz CT molecular complexity index is 1370. The number of rotatable bonds is 9. The molecule has 3 aromatic rings. The van der Waals surface area contributed by atoms with Gasteiger partial charge in [0, 0.05) is 57.2 Å². The van der Waals surface area contributed by atoms with E-state index in [-0.39, 0.29) is 19.1 Å². The quantitative estimate of drug-likeness (QED) is 0.271. The molecule has 0 radical (unpaired) electrons. The number of carbonyl (C=O) groups excluding carboxylic acids is 1. The molecule has 0 spiro atoms. The maximum absolute atomic E-state index is 13.3. The molecule has 1 aromatic heterocycles. The minimum atomic E-state index is -5.95. The minimum Gasteiger partial charge on any atom is -0.463 e. The molecule has 3 N–H and O–H groups in total. The van der Waals surface area contributed by atoms with Gasteiger partial charge in [-0.05, 0) is 46.9 Å². The van der Waals surface area contributed by atoms with Crippen molar-refractivity contribution < 1.29 is 41.0 Å². The van der Waals surface area contributed by atoms with Crippen molar-refractivity contribution in [1.29, 1.82) is 0 Å². The van der Waals surface area contributed by atoms with Gasteiger partial charge < -0.3 is 15.6 Å². The first-order valence-electron chi connectivity index (χ1n) is 13.5. The standard InChI is InChI=1S/C30H32F6N4O3/c1-20-16-22(2-7-25(20)23-3-5-24(6-4-23)28(42,29(31,32)33)30(34,35)36)18-40-14-13-39(17-21-8-11-38-12-9-21)19-26(40)27(41)43-15-10-37/h2-9,11-12,16,26,42H,10,13-15,17-19,37H2,1H3. The number of aryl methyl sites for hydroxylation is 1. The third kappa shape index (κ3) is 7.18. The second-order valence-electron chi connectivity index (χ2n) is 10.5. The Balaban J connectivity index is 1.51. The fourth-order valence-corrected chi connectivity index (χ4v) is 5.20. The third-order valence-corrected chi connectivity index (χ3v) is 7.48. The molecule has 1 fully saturated rings. The van der Waals surface area contributed by atoms with Crippen molar-refractivity contribution in [3.63, 3.8) is 0 Å². The Morgan fingerprint density at radius 3 is 2.19 bits per heavy atom. The Morgan fingerprint density at radius 2 is 1.60 bits per heavy atom. The second-order valence-corrected chi connectivity index (χ2v) is 10.5. The minimum absolute atomic E-state index is 0.101. The molecule has 4 rings (SSSR count). The highest BCUT2D eigenvalue weighted by Crippen LogP contribution is 2.50. The predicted molar refractivity (Wildman–Crippen MR) is 146 cm³/mol. The van der Waals surface area contributed by atoms with Crippen molar-refractivity contribution >= 4 is 5.97 Å². The number of hydrogen-bond acceptors (Lipinski definition) is 7. The van der Waals surface area contributed by atoms with Gasteiger partial charge in [0.15, 0.2) is 0 Å². The number of aliphatic hydroxyl groups is 1. The van der Waals surface area contributed by atoms with E-state index in [1.54, 1.807) is 31.5 Å². The van der Waals surface area contributed by atoms with Crippen molar-refractivity contribution in [2.24, 2.45) is 5.73 Å². The van der Waals surface area contributed by atoms with Crippen LogP contribution in [0, 0.1) is 6.92 Å². The van der Waals surface area contributed by atoms with Crippen LogP contribution in [0.15, 0.2) is 67.0 Å². The van der Waals surface area contributed by atoms with Gasteiger partial charge in [0.1, 0.15) is 12.6 Å². The molecule has 0 bridgehead atoms. The van der Waals surface area contributed by atoms with E-state index in [1.165, 1.54) is 0 Å². The number of ether oxygens (including phenoxy) is 1. The molecule has 1 atom stereocenters. The van der Waals surface area contributed by atoms with Gasteiger partial charge in [-0.3, -0.25) is 19.6 Å². The number of esters is 1. The number of carbonyl (C=O) groups is 1. The van der Waals surface area contributed by atoms with E-state index in [2.05, 4.69) is 9.88 Å². The van der Waals surface area contributed by atoms with Crippen LogP contribution in [0.1, 0.15) is 22.3 Å². The molecular weight excluding hydrogens is 578 g/mol. The zero-order chi connectivity index (χ0) is 31.4. The van der Waals surface area contributed by atoms with E-state index >= 15 is 0 Å². The number of nitrogens with two attached hydrogens (primary N) is 1. The topological polar surface area (TPSA) is 91.9 Å². The summed E-state index contributed by atoms with van der Waals surface area (Å²) in [6.45, 7) is 4.86. The number of benzene rings is 2. The highest BCUT2D eigenvalue weighted by Gasteiger charge is 2.71.